The molecule has 0 aliphatic rings. The highest BCUT2D eigenvalue weighted by Crippen LogP contribution is 2.28. The third-order valence-corrected chi connectivity index (χ3v) is 1.83. The summed E-state index contributed by atoms with van der Waals surface area (Å²) in [5.41, 5.74) is 0.498. The van der Waals surface area contributed by atoms with Gasteiger partial charge in [-0.05, 0) is 12.1 Å². The number of benzene rings is 1. The zero-order valence-corrected chi connectivity index (χ0v) is 8.61. The molecule has 1 amide bonds. The first-order valence-corrected chi connectivity index (χ1v) is 4.34. The van der Waals surface area contributed by atoms with E-state index in [1.165, 1.54) is 7.11 Å². The molecule has 0 saturated heterocycles. The third kappa shape index (κ3) is 2.85. The molecule has 0 radical (unpaired) electrons. The van der Waals surface area contributed by atoms with Crippen LogP contribution in [-0.4, -0.2) is 31.8 Å². The van der Waals surface area contributed by atoms with Crippen molar-refractivity contribution in [3.05, 3.63) is 18.2 Å². The number of carbonyl (C=O) groups is 1. The molecule has 0 saturated carbocycles. The third-order valence-electron chi connectivity index (χ3n) is 1.83. The van der Waals surface area contributed by atoms with E-state index in [1.54, 1.807) is 25.3 Å². The maximum absolute atomic E-state index is 11.0. The summed E-state index contributed by atoms with van der Waals surface area (Å²) in [6.45, 7) is -0.560. The first-order chi connectivity index (χ1) is 7.21. The van der Waals surface area contributed by atoms with E-state index in [1.807, 2.05) is 0 Å². The van der Waals surface area contributed by atoms with Crippen LogP contribution in [0.15, 0.2) is 18.2 Å². The Morgan fingerprint density at radius 1 is 1.40 bits per heavy atom. The number of amides is 1. The summed E-state index contributed by atoms with van der Waals surface area (Å²) in [6, 6.07) is 4.98. The Kier molecular flexibility index (Phi) is 3.93. The van der Waals surface area contributed by atoms with Crippen molar-refractivity contribution in [1.82, 2.24) is 0 Å². The normalized spacial score (nSPS) is 9.53. The molecule has 5 heteroatoms. The molecular formula is C10H13NO4. The van der Waals surface area contributed by atoms with Gasteiger partial charge in [0, 0.05) is 6.07 Å². The van der Waals surface area contributed by atoms with E-state index < -0.39 is 12.5 Å². The second-order valence-corrected chi connectivity index (χ2v) is 2.77. The number of ether oxygens (including phenoxy) is 2. The monoisotopic (exact) mass is 211 g/mol. The van der Waals surface area contributed by atoms with Crippen LogP contribution < -0.4 is 14.8 Å². The Hall–Kier alpha value is -1.75. The number of aliphatic hydroxyl groups excluding tert-OH is 1. The largest absolute Gasteiger partial charge is 0.497 e. The van der Waals surface area contributed by atoms with Gasteiger partial charge < -0.3 is 19.9 Å². The molecule has 1 rings (SSSR count). The van der Waals surface area contributed by atoms with Gasteiger partial charge in [-0.2, -0.15) is 0 Å². The van der Waals surface area contributed by atoms with Gasteiger partial charge in [0.2, 0.25) is 5.91 Å². The molecule has 0 bridgehead atoms. The van der Waals surface area contributed by atoms with Crippen LogP contribution in [0.25, 0.3) is 0 Å². The number of aliphatic hydroxyl groups is 1. The smallest absolute Gasteiger partial charge is 0.250 e. The first-order valence-electron chi connectivity index (χ1n) is 4.34. The van der Waals surface area contributed by atoms with Crippen LogP contribution in [0.4, 0.5) is 5.69 Å². The minimum Gasteiger partial charge on any atom is -0.497 e. The maximum Gasteiger partial charge on any atom is 0.250 e. The van der Waals surface area contributed by atoms with Crippen molar-refractivity contribution in [2.75, 3.05) is 26.1 Å². The van der Waals surface area contributed by atoms with Crippen LogP contribution in [0.2, 0.25) is 0 Å². The summed E-state index contributed by atoms with van der Waals surface area (Å²) in [7, 11) is 3.03. The molecule has 15 heavy (non-hydrogen) atoms. The van der Waals surface area contributed by atoms with Gasteiger partial charge in [0.05, 0.1) is 19.9 Å². The molecule has 0 spiro atoms. The van der Waals surface area contributed by atoms with Gasteiger partial charge in [-0.3, -0.25) is 4.79 Å². The topological polar surface area (TPSA) is 67.8 Å². The molecule has 0 aromatic heterocycles. The van der Waals surface area contributed by atoms with Gasteiger partial charge in [-0.15, -0.1) is 0 Å². The lowest BCUT2D eigenvalue weighted by Crippen LogP contribution is -2.15. The minimum atomic E-state index is -0.560. The van der Waals surface area contributed by atoms with E-state index in [0.29, 0.717) is 17.2 Å². The number of hydrogen-bond acceptors (Lipinski definition) is 4. The molecule has 5 nitrogen and oxygen atoms in total. The van der Waals surface area contributed by atoms with E-state index in [0.717, 1.165) is 0 Å². The predicted molar refractivity (Wildman–Crippen MR) is 55.3 cm³/mol. The van der Waals surface area contributed by atoms with Crippen molar-refractivity contribution in [2.24, 2.45) is 0 Å². The molecule has 1 aromatic rings. The Labute approximate surface area is 87.6 Å². The number of rotatable bonds is 4. The average molecular weight is 211 g/mol. The fourth-order valence-electron chi connectivity index (χ4n) is 1.09. The molecule has 0 heterocycles. The van der Waals surface area contributed by atoms with Crippen LogP contribution in [0.3, 0.4) is 0 Å². The van der Waals surface area contributed by atoms with Crippen molar-refractivity contribution >= 4 is 11.6 Å². The molecule has 82 valence electrons. The van der Waals surface area contributed by atoms with Crippen LogP contribution in [0.1, 0.15) is 0 Å². The SMILES string of the molecule is COc1ccc(NC(=O)CO)c(OC)c1. The second kappa shape index (κ2) is 5.21. The molecule has 0 aliphatic heterocycles. The Morgan fingerprint density at radius 3 is 2.67 bits per heavy atom. The fourth-order valence-corrected chi connectivity index (χ4v) is 1.09. The highest BCUT2D eigenvalue weighted by atomic mass is 16.5. The van der Waals surface area contributed by atoms with Gasteiger partial charge in [0.25, 0.3) is 0 Å². The van der Waals surface area contributed by atoms with Crippen molar-refractivity contribution in [1.29, 1.82) is 0 Å². The van der Waals surface area contributed by atoms with Crippen LogP contribution in [0.5, 0.6) is 11.5 Å². The lowest BCUT2D eigenvalue weighted by molar-refractivity contribution is -0.118. The number of methoxy groups -OCH3 is 2. The van der Waals surface area contributed by atoms with Gasteiger partial charge in [-0.1, -0.05) is 0 Å². The Bertz CT molecular complexity index is 351. The van der Waals surface area contributed by atoms with Gasteiger partial charge in [-0.25, -0.2) is 0 Å². The average Bonchev–Trinajstić information content (AvgIpc) is 2.29. The lowest BCUT2D eigenvalue weighted by Gasteiger charge is -2.10. The van der Waals surface area contributed by atoms with E-state index in [9.17, 15) is 4.79 Å². The molecule has 1 aromatic carbocycles. The van der Waals surface area contributed by atoms with Crippen molar-refractivity contribution in [2.45, 2.75) is 0 Å². The summed E-state index contributed by atoms with van der Waals surface area (Å²) in [5.74, 6) is 0.628. The van der Waals surface area contributed by atoms with Crippen molar-refractivity contribution < 1.29 is 19.4 Å². The number of hydrogen-bond donors (Lipinski definition) is 2. The summed E-state index contributed by atoms with van der Waals surface area (Å²) in [4.78, 5) is 11.0. The van der Waals surface area contributed by atoms with Crippen molar-refractivity contribution in [3.63, 3.8) is 0 Å². The van der Waals surface area contributed by atoms with E-state index in [2.05, 4.69) is 5.32 Å². The quantitative estimate of drug-likeness (QED) is 0.766. The zero-order valence-electron chi connectivity index (χ0n) is 8.61. The number of nitrogens with one attached hydrogen (secondary N) is 1. The number of carbonyl (C=O) groups excluding carboxylic acids is 1. The van der Waals surface area contributed by atoms with Crippen LogP contribution >= 0.6 is 0 Å². The van der Waals surface area contributed by atoms with Gasteiger partial charge in [0.1, 0.15) is 18.1 Å². The molecule has 0 aliphatic carbocycles. The zero-order chi connectivity index (χ0) is 11.3. The minimum absolute atomic E-state index is 0.483. The Morgan fingerprint density at radius 2 is 2.13 bits per heavy atom. The standard InChI is InChI=1S/C10H13NO4/c1-14-7-3-4-8(9(5-7)15-2)11-10(13)6-12/h3-5,12H,6H2,1-2H3,(H,11,13). The summed E-state index contributed by atoms with van der Waals surface area (Å²) < 4.78 is 10.1. The van der Waals surface area contributed by atoms with Crippen LogP contribution in [-0.2, 0) is 4.79 Å². The van der Waals surface area contributed by atoms with Crippen LogP contribution in [0, 0.1) is 0 Å². The summed E-state index contributed by atoms with van der Waals surface area (Å²) >= 11 is 0. The van der Waals surface area contributed by atoms with E-state index >= 15 is 0 Å². The molecular weight excluding hydrogens is 198 g/mol. The van der Waals surface area contributed by atoms with E-state index in [4.69, 9.17) is 14.6 Å². The fraction of sp³-hybridized carbons (Fsp3) is 0.300. The molecule has 0 atom stereocenters. The first kappa shape index (κ1) is 11.3. The Balaban J connectivity index is 2.92. The second-order valence-electron chi connectivity index (χ2n) is 2.77. The molecule has 0 fully saturated rings. The summed E-state index contributed by atoms with van der Waals surface area (Å²) in [5, 5.41) is 11.1. The van der Waals surface area contributed by atoms with Gasteiger partial charge >= 0.3 is 0 Å². The maximum atomic E-state index is 11.0. The predicted octanol–water partition coefficient (Wildman–Crippen LogP) is 0.635. The summed E-state index contributed by atoms with van der Waals surface area (Å²) in [6.07, 6.45) is 0. The van der Waals surface area contributed by atoms with Gasteiger partial charge in [0.15, 0.2) is 0 Å². The molecule has 0 unspecified atom stereocenters. The lowest BCUT2D eigenvalue weighted by atomic mass is 10.2. The highest BCUT2D eigenvalue weighted by molar-refractivity contribution is 5.93. The highest BCUT2D eigenvalue weighted by Gasteiger charge is 2.07. The molecule has 2 N–H and O–H groups in total. The van der Waals surface area contributed by atoms with Crippen molar-refractivity contribution in [3.8, 4) is 11.5 Å². The number of anilines is 1. The van der Waals surface area contributed by atoms with E-state index in [-0.39, 0.29) is 0 Å².